The average molecular weight is 233 g/mol. The van der Waals surface area contributed by atoms with Crippen LogP contribution in [0.5, 0.6) is 0 Å². The van der Waals surface area contributed by atoms with Gasteiger partial charge in [-0.3, -0.25) is 4.90 Å². The predicted molar refractivity (Wildman–Crippen MR) is 63.2 cm³/mol. The second kappa shape index (κ2) is 10.9. The van der Waals surface area contributed by atoms with Crippen molar-refractivity contribution in [2.24, 2.45) is 0 Å². The summed E-state index contributed by atoms with van der Waals surface area (Å²) in [7, 11) is 0. The molecule has 0 spiro atoms. The van der Waals surface area contributed by atoms with E-state index in [0.717, 1.165) is 38.8 Å². The number of halogens is 1. The molecule has 0 saturated heterocycles. The van der Waals surface area contributed by atoms with Crippen LogP contribution in [0, 0.1) is 0 Å². The van der Waals surface area contributed by atoms with Crippen LogP contribution in [0.1, 0.15) is 39.5 Å². The Kier molecular flexibility index (Phi) is 10.4. The quantitative estimate of drug-likeness (QED) is 0.543. The van der Waals surface area contributed by atoms with Crippen molar-refractivity contribution in [1.82, 2.24) is 4.90 Å². The fourth-order valence-electron chi connectivity index (χ4n) is 1.43. The molecule has 0 N–H and O–H groups in total. The Labute approximate surface area is 98.0 Å². The Balaban J connectivity index is 3.67. The number of ether oxygens (including phenoxy) is 1. The Morgan fingerprint density at radius 1 is 1.12 bits per heavy atom. The standard InChI is InChI=1S/C12H24FNO2/c1-3-5-7-14(8-6-4-2)9-10-16-12(15)11-13/h3-11H2,1-2H3. The number of alkyl halides is 1. The molecule has 0 unspecified atom stereocenters. The zero-order valence-corrected chi connectivity index (χ0v) is 10.5. The molecule has 0 radical (unpaired) electrons. The summed E-state index contributed by atoms with van der Waals surface area (Å²) < 4.78 is 16.6. The van der Waals surface area contributed by atoms with Crippen molar-refractivity contribution < 1.29 is 13.9 Å². The van der Waals surface area contributed by atoms with Crippen LogP contribution in [-0.2, 0) is 9.53 Å². The first-order valence-corrected chi connectivity index (χ1v) is 6.18. The zero-order valence-electron chi connectivity index (χ0n) is 10.5. The van der Waals surface area contributed by atoms with E-state index >= 15 is 0 Å². The molecule has 16 heavy (non-hydrogen) atoms. The van der Waals surface area contributed by atoms with E-state index in [9.17, 15) is 9.18 Å². The van der Waals surface area contributed by atoms with Crippen LogP contribution in [0.25, 0.3) is 0 Å². The summed E-state index contributed by atoms with van der Waals surface area (Å²) in [4.78, 5) is 12.9. The van der Waals surface area contributed by atoms with Gasteiger partial charge in [-0.15, -0.1) is 0 Å². The van der Waals surface area contributed by atoms with Crippen LogP contribution >= 0.6 is 0 Å². The van der Waals surface area contributed by atoms with Gasteiger partial charge in [-0.2, -0.15) is 0 Å². The number of hydrogen-bond donors (Lipinski definition) is 0. The number of esters is 1. The summed E-state index contributed by atoms with van der Waals surface area (Å²) in [6.07, 6.45) is 4.63. The molecule has 0 saturated carbocycles. The van der Waals surface area contributed by atoms with Crippen molar-refractivity contribution in [2.45, 2.75) is 39.5 Å². The highest BCUT2D eigenvalue weighted by atomic mass is 19.1. The van der Waals surface area contributed by atoms with Crippen LogP contribution in [0.4, 0.5) is 4.39 Å². The predicted octanol–water partition coefficient (Wildman–Crippen LogP) is 2.40. The highest BCUT2D eigenvalue weighted by Crippen LogP contribution is 1.99. The van der Waals surface area contributed by atoms with E-state index in [1.165, 1.54) is 0 Å². The van der Waals surface area contributed by atoms with E-state index in [4.69, 9.17) is 4.74 Å². The lowest BCUT2D eigenvalue weighted by atomic mass is 10.2. The van der Waals surface area contributed by atoms with Crippen molar-refractivity contribution in [3.63, 3.8) is 0 Å². The van der Waals surface area contributed by atoms with Gasteiger partial charge in [0.2, 0.25) is 0 Å². The summed E-state index contributed by atoms with van der Waals surface area (Å²) >= 11 is 0. The van der Waals surface area contributed by atoms with Crippen molar-refractivity contribution in [3.8, 4) is 0 Å². The Morgan fingerprint density at radius 2 is 1.69 bits per heavy atom. The van der Waals surface area contributed by atoms with Gasteiger partial charge in [0.05, 0.1) is 0 Å². The average Bonchev–Trinajstić information content (AvgIpc) is 2.31. The Bertz CT molecular complexity index is 168. The number of carbonyl (C=O) groups is 1. The number of unbranched alkanes of at least 4 members (excludes halogenated alkanes) is 2. The molecule has 0 atom stereocenters. The zero-order chi connectivity index (χ0) is 12.2. The summed E-state index contributed by atoms with van der Waals surface area (Å²) in [5.74, 6) is -0.758. The number of rotatable bonds is 10. The van der Waals surface area contributed by atoms with Gasteiger partial charge < -0.3 is 4.74 Å². The van der Waals surface area contributed by atoms with Gasteiger partial charge in [-0.1, -0.05) is 26.7 Å². The van der Waals surface area contributed by atoms with Crippen molar-refractivity contribution in [3.05, 3.63) is 0 Å². The van der Waals surface area contributed by atoms with E-state index < -0.39 is 12.6 Å². The fraction of sp³-hybridized carbons (Fsp3) is 0.917. The molecule has 0 aliphatic heterocycles. The normalized spacial score (nSPS) is 10.8. The first-order valence-electron chi connectivity index (χ1n) is 6.18. The molecule has 0 fully saturated rings. The molecule has 96 valence electrons. The third-order valence-electron chi connectivity index (χ3n) is 2.44. The van der Waals surface area contributed by atoms with Gasteiger partial charge >= 0.3 is 5.97 Å². The highest BCUT2D eigenvalue weighted by Gasteiger charge is 2.06. The molecule has 0 aromatic carbocycles. The Hall–Kier alpha value is -0.640. The molecule has 0 heterocycles. The maximum Gasteiger partial charge on any atom is 0.337 e. The number of carbonyl (C=O) groups excluding carboxylic acids is 1. The fourth-order valence-corrected chi connectivity index (χ4v) is 1.43. The number of nitrogens with zero attached hydrogens (tertiary/aromatic N) is 1. The van der Waals surface area contributed by atoms with Crippen molar-refractivity contribution in [2.75, 3.05) is 32.9 Å². The van der Waals surface area contributed by atoms with Crippen LogP contribution in [0.2, 0.25) is 0 Å². The largest absolute Gasteiger partial charge is 0.462 e. The molecular formula is C12H24FNO2. The smallest absolute Gasteiger partial charge is 0.337 e. The van der Waals surface area contributed by atoms with Gasteiger partial charge in [0.25, 0.3) is 0 Å². The minimum Gasteiger partial charge on any atom is -0.462 e. The van der Waals surface area contributed by atoms with Gasteiger partial charge in [-0.25, -0.2) is 9.18 Å². The summed E-state index contributed by atoms with van der Waals surface area (Å²) in [5.41, 5.74) is 0. The minimum atomic E-state index is -1.02. The van der Waals surface area contributed by atoms with Crippen molar-refractivity contribution >= 4 is 5.97 Å². The van der Waals surface area contributed by atoms with Crippen LogP contribution in [-0.4, -0.2) is 43.8 Å². The third-order valence-corrected chi connectivity index (χ3v) is 2.44. The maximum absolute atomic E-state index is 11.8. The molecule has 3 nitrogen and oxygen atoms in total. The van der Waals surface area contributed by atoms with Gasteiger partial charge in [0.1, 0.15) is 6.61 Å². The van der Waals surface area contributed by atoms with E-state index in [0.29, 0.717) is 13.2 Å². The number of hydrogen-bond acceptors (Lipinski definition) is 3. The lowest BCUT2D eigenvalue weighted by Gasteiger charge is -2.21. The van der Waals surface area contributed by atoms with Crippen LogP contribution in [0.15, 0.2) is 0 Å². The summed E-state index contributed by atoms with van der Waals surface area (Å²) in [5, 5.41) is 0. The molecule has 0 aliphatic carbocycles. The van der Waals surface area contributed by atoms with Gasteiger partial charge in [-0.05, 0) is 25.9 Å². The molecule has 0 bridgehead atoms. The lowest BCUT2D eigenvalue weighted by molar-refractivity contribution is -0.145. The SMILES string of the molecule is CCCCN(CCCC)CCOC(=O)CF. The molecular weight excluding hydrogens is 209 g/mol. The first-order chi connectivity index (χ1) is 7.74. The molecule has 4 heteroatoms. The third kappa shape index (κ3) is 8.65. The Morgan fingerprint density at radius 3 is 2.12 bits per heavy atom. The summed E-state index contributed by atoms with van der Waals surface area (Å²) in [6.45, 7) is 6.36. The maximum atomic E-state index is 11.8. The molecule has 0 aromatic heterocycles. The van der Waals surface area contributed by atoms with E-state index in [-0.39, 0.29) is 0 Å². The van der Waals surface area contributed by atoms with Crippen molar-refractivity contribution in [1.29, 1.82) is 0 Å². The lowest BCUT2D eigenvalue weighted by Crippen LogP contribution is -2.30. The first kappa shape index (κ1) is 15.4. The monoisotopic (exact) mass is 233 g/mol. The van der Waals surface area contributed by atoms with Crippen LogP contribution < -0.4 is 0 Å². The highest BCUT2D eigenvalue weighted by molar-refractivity contribution is 5.70. The summed E-state index contributed by atoms with van der Waals surface area (Å²) in [6, 6.07) is 0. The molecule has 0 aliphatic rings. The van der Waals surface area contributed by atoms with E-state index in [1.807, 2.05) is 0 Å². The molecule has 0 amide bonds. The molecule has 0 rings (SSSR count). The molecule has 0 aromatic rings. The van der Waals surface area contributed by atoms with Gasteiger partial charge in [0, 0.05) is 6.54 Å². The topological polar surface area (TPSA) is 29.5 Å². The minimum absolute atomic E-state index is 0.302. The van der Waals surface area contributed by atoms with Crippen LogP contribution in [0.3, 0.4) is 0 Å². The second-order valence-electron chi connectivity index (χ2n) is 3.90. The van der Waals surface area contributed by atoms with E-state index in [1.54, 1.807) is 0 Å². The van der Waals surface area contributed by atoms with E-state index in [2.05, 4.69) is 18.7 Å². The van der Waals surface area contributed by atoms with Gasteiger partial charge in [0.15, 0.2) is 6.67 Å². The second-order valence-corrected chi connectivity index (χ2v) is 3.90.